The van der Waals surface area contributed by atoms with Crippen LogP contribution in [0.4, 0.5) is 14.9 Å². The van der Waals surface area contributed by atoms with E-state index < -0.39 is 28.6 Å². The fraction of sp³-hybridized carbons (Fsp3) is 0.400. The Hall–Kier alpha value is -3.92. The topological polar surface area (TPSA) is 96.7 Å². The van der Waals surface area contributed by atoms with E-state index in [2.05, 4.69) is 5.32 Å². The Morgan fingerprint density at radius 1 is 1.02 bits per heavy atom. The van der Waals surface area contributed by atoms with E-state index in [-0.39, 0.29) is 34.6 Å². The van der Waals surface area contributed by atoms with E-state index in [1.54, 1.807) is 18.7 Å². The zero-order valence-corrected chi connectivity index (χ0v) is 24.1. The molecule has 3 heterocycles. The number of halogens is 2. The summed E-state index contributed by atoms with van der Waals surface area (Å²) < 4.78 is 16.4. The van der Waals surface area contributed by atoms with Gasteiger partial charge >= 0.3 is 11.7 Å². The zero-order chi connectivity index (χ0) is 29.5. The van der Waals surface area contributed by atoms with Gasteiger partial charge in [-0.3, -0.25) is 18.7 Å². The minimum absolute atomic E-state index is 0.0370. The van der Waals surface area contributed by atoms with Gasteiger partial charge in [-0.2, -0.15) is 0 Å². The molecule has 216 valence electrons. The van der Waals surface area contributed by atoms with Gasteiger partial charge < -0.3 is 15.1 Å². The number of likely N-dealkylation sites (tertiary alicyclic amines) is 1. The number of benzene rings is 2. The minimum atomic E-state index is -0.688. The highest BCUT2D eigenvalue weighted by molar-refractivity contribution is 6.33. The Balaban J connectivity index is 1.35. The van der Waals surface area contributed by atoms with Crippen molar-refractivity contribution in [2.75, 3.05) is 25.0 Å². The molecule has 11 heteroatoms. The van der Waals surface area contributed by atoms with E-state index in [4.69, 9.17) is 11.6 Å². The molecule has 0 saturated carbocycles. The van der Waals surface area contributed by atoms with Gasteiger partial charge in [-0.05, 0) is 57.7 Å². The van der Waals surface area contributed by atoms with Crippen LogP contribution in [0.2, 0.25) is 5.02 Å². The van der Waals surface area contributed by atoms with Crippen molar-refractivity contribution in [1.29, 1.82) is 0 Å². The predicted octanol–water partition coefficient (Wildman–Crippen LogP) is 4.52. The van der Waals surface area contributed by atoms with Gasteiger partial charge in [-0.15, -0.1) is 0 Å². The van der Waals surface area contributed by atoms with Crippen molar-refractivity contribution in [3.63, 3.8) is 0 Å². The highest BCUT2D eigenvalue weighted by Crippen LogP contribution is 2.32. The van der Waals surface area contributed by atoms with Crippen LogP contribution in [0.25, 0.3) is 11.1 Å². The van der Waals surface area contributed by atoms with Gasteiger partial charge in [-0.25, -0.2) is 14.0 Å². The molecule has 0 aliphatic carbocycles. The fourth-order valence-electron chi connectivity index (χ4n) is 5.73. The molecule has 0 atom stereocenters. The van der Waals surface area contributed by atoms with Gasteiger partial charge in [0.1, 0.15) is 12.4 Å². The number of nitrogens with one attached hydrogen (secondary N) is 1. The van der Waals surface area contributed by atoms with Crippen LogP contribution in [0.3, 0.4) is 0 Å². The van der Waals surface area contributed by atoms with Gasteiger partial charge in [0.25, 0.3) is 5.56 Å². The summed E-state index contributed by atoms with van der Waals surface area (Å²) >= 11 is 6.17. The number of nitrogens with zero attached hydrogens (tertiary/aromatic N) is 4. The van der Waals surface area contributed by atoms with Crippen LogP contribution < -0.4 is 16.6 Å². The lowest BCUT2D eigenvalue weighted by atomic mass is 9.87. The number of hydrogen-bond donors (Lipinski definition) is 1. The van der Waals surface area contributed by atoms with Crippen LogP contribution in [0.1, 0.15) is 45.2 Å². The molecule has 0 spiro atoms. The number of urea groups is 1. The molecule has 1 fully saturated rings. The lowest BCUT2D eigenvalue weighted by molar-refractivity contribution is -0.134. The summed E-state index contributed by atoms with van der Waals surface area (Å²) in [5.41, 5.74) is 0.431. The van der Waals surface area contributed by atoms with E-state index >= 15 is 0 Å². The zero-order valence-electron chi connectivity index (χ0n) is 23.3. The number of aromatic nitrogens is 2. The third-order valence-corrected chi connectivity index (χ3v) is 8.59. The van der Waals surface area contributed by atoms with Crippen LogP contribution in [-0.4, -0.2) is 56.0 Å². The van der Waals surface area contributed by atoms with Crippen LogP contribution in [0, 0.1) is 5.82 Å². The Labute approximate surface area is 242 Å². The number of carbonyl (C=O) groups is 2. The number of rotatable bonds is 5. The summed E-state index contributed by atoms with van der Waals surface area (Å²) in [6.07, 6.45) is 3.18. The summed E-state index contributed by atoms with van der Waals surface area (Å²) in [5, 5.41) is 2.79. The predicted molar refractivity (Wildman–Crippen MR) is 156 cm³/mol. The molecule has 0 unspecified atom stereocenters. The van der Waals surface area contributed by atoms with Crippen molar-refractivity contribution in [1.82, 2.24) is 18.9 Å². The molecule has 2 aromatic carbocycles. The molecule has 0 bridgehead atoms. The molecule has 3 amide bonds. The Morgan fingerprint density at radius 2 is 1.73 bits per heavy atom. The summed E-state index contributed by atoms with van der Waals surface area (Å²) in [5.74, 6) is -0.973. The molecule has 5 rings (SSSR count). The quantitative estimate of drug-likeness (QED) is 0.479. The van der Waals surface area contributed by atoms with Crippen LogP contribution in [0.15, 0.2) is 58.3 Å². The first kappa shape index (κ1) is 28.6. The van der Waals surface area contributed by atoms with Crippen LogP contribution >= 0.6 is 11.6 Å². The third-order valence-electron chi connectivity index (χ3n) is 8.20. The van der Waals surface area contributed by atoms with Crippen molar-refractivity contribution < 1.29 is 14.0 Å². The average Bonchev–Trinajstić information content (AvgIpc) is 3.10. The Bertz CT molecular complexity index is 1620. The van der Waals surface area contributed by atoms with Gasteiger partial charge in [-0.1, -0.05) is 41.9 Å². The smallest absolute Gasteiger partial charge is 0.331 e. The van der Waals surface area contributed by atoms with Gasteiger partial charge in [0.15, 0.2) is 0 Å². The first-order valence-corrected chi connectivity index (χ1v) is 14.1. The number of hydrogen-bond acceptors (Lipinski definition) is 4. The standard InChI is InChI=1S/C30H33ClFN5O4/c1-19(2)37-27(39)22(21-8-6-9-23(32)26(21)31)17-35(29(37)41)18-25(38)34-15-12-30(3,13-16-34)36-14-11-20-7-4-5-10-24(20)33-28(36)40/h4-10,17,19H,11-16,18H2,1-3H3,(H,33,40). The summed E-state index contributed by atoms with van der Waals surface area (Å²) in [4.78, 5) is 56.5. The molecule has 3 aromatic rings. The molecule has 1 saturated heterocycles. The highest BCUT2D eigenvalue weighted by Gasteiger charge is 2.40. The molecule has 41 heavy (non-hydrogen) atoms. The number of amides is 3. The second kappa shape index (κ2) is 11.2. The normalized spacial score (nSPS) is 16.8. The van der Waals surface area contributed by atoms with Gasteiger partial charge in [0.05, 0.1) is 10.6 Å². The third kappa shape index (κ3) is 5.40. The maximum absolute atomic E-state index is 14.2. The Morgan fingerprint density at radius 3 is 2.44 bits per heavy atom. The van der Waals surface area contributed by atoms with Crippen molar-refractivity contribution in [2.45, 2.75) is 58.2 Å². The number of carbonyl (C=O) groups excluding carboxylic acids is 2. The highest BCUT2D eigenvalue weighted by atomic mass is 35.5. The monoisotopic (exact) mass is 581 g/mol. The second-order valence-corrected chi connectivity index (χ2v) is 11.6. The average molecular weight is 582 g/mol. The lowest BCUT2D eigenvalue weighted by Crippen LogP contribution is -2.57. The number of para-hydroxylation sites is 1. The van der Waals surface area contributed by atoms with E-state index in [0.29, 0.717) is 32.5 Å². The summed E-state index contributed by atoms with van der Waals surface area (Å²) in [6, 6.07) is 11.3. The van der Waals surface area contributed by atoms with Gasteiger partial charge in [0.2, 0.25) is 5.91 Å². The molecule has 9 nitrogen and oxygen atoms in total. The van der Waals surface area contributed by atoms with Crippen LogP contribution in [0.5, 0.6) is 0 Å². The van der Waals surface area contributed by atoms with Gasteiger partial charge in [0, 0.05) is 48.7 Å². The molecule has 0 radical (unpaired) electrons. The number of piperidine rings is 1. The van der Waals surface area contributed by atoms with E-state index in [1.165, 1.54) is 29.0 Å². The SMILES string of the molecule is CC(C)n1c(=O)c(-c2cccc(F)c2Cl)cn(CC(=O)N2CCC(C)(N3CCc4ccccc4NC3=O)CC2)c1=O. The maximum atomic E-state index is 14.2. The molecule has 1 N–H and O–H groups in total. The second-order valence-electron chi connectivity index (χ2n) is 11.2. The van der Waals surface area contributed by atoms with Crippen molar-refractivity contribution in [3.8, 4) is 11.1 Å². The van der Waals surface area contributed by atoms with Crippen molar-refractivity contribution in [3.05, 3.63) is 85.9 Å². The first-order valence-electron chi connectivity index (χ1n) is 13.7. The fourth-order valence-corrected chi connectivity index (χ4v) is 5.96. The first-order chi connectivity index (χ1) is 19.5. The minimum Gasteiger partial charge on any atom is -0.341 e. The molecule has 2 aliphatic rings. The van der Waals surface area contributed by atoms with E-state index in [9.17, 15) is 23.6 Å². The van der Waals surface area contributed by atoms with Crippen molar-refractivity contribution >= 4 is 29.2 Å². The molecular formula is C30H33ClFN5O4. The van der Waals surface area contributed by atoms with E-state index in [0.717, 1.165) is 22.2 Å². The molecule has 1 aromatic heterocycles. The maximum Gasteiger partial charge on any atom is 0.331 e. The van der Waals surface area contributed by atoms with E-state index in [1.807, 2.05) is 36.1 Å². The largest absolute Gasteiger partial charge is 0.341 e. The lowest BCUT2D eigenvalue weighted by Gasteiger charge is -2.46. The summed E-state index contributed by atoms with van der Waals surface area (Å²) in [6.45, 7) is 6.53. The van der Waals surface area contributed by atoms with Crippen LogP contribution in [-0.2, 0) is 17.8 Å². The summed E-state index contributed by atoms with van der Waals surface area (Å²) in [7, 11) is 0. The molecule has 2 aliphatic heterocycles. The Kier molecular flexibility index (Phi) is 7.78. The number of anilines is 1. The van der Waals surface area contributed by atoms with Crippen molar-refractivity contribution in [2.24, 2.45) is 0 Å². The molecular weight excluding hydrogens is 549 g/mol. The number of fused-ring (bicyclic) bond motifs is 1.